The molecule has 1 amide bonds. The Hall–Kier alpha value is -1.21. The quantitative estimate of drug-likeness (QED) is 0.920. The number of carbonyl (C=O) groups excluding carboxylic acids is 1. The average molecular weight is 300 g/mol. The molecule has 7 heteroatoms. The number of thiazole rings is 1. The van der Waals surface area contributed by atoms with Gasteiger partial charge in [0.05, 0.1) is 22.5 Å². The highest BCUT2D eigenvalue weighted by molar-refractivity contribution is 7.94. The third-order valence-electron chi connectivity index (χ3n) is 2.76. The lowest BCUT2D eigenvalue weighted by atomic mass is 10.2. The van der Waals surface area contributed by atoms with Gasteiger partial charge in [0.2, 0.25) is 0 Å². The molecule has 1 atom stereocenters. The maximum Gasteiger partial charge on any atom is 0.263 e. The molecule has 19 heavy (non-hydrogen) atoms. The van der Waals surface area contributed by atoms with Crippen molar-refractivity contribution in [3.05, 3.63) is 27.1 Å². The van der Waals surface area contributed by atoms with E-state index < -0.39 is 15.9 Å². The molecule has 1 aliphatic heterocycles. The smallest absolute Gasteiger partial charge is 0.263 e. The zero-order valence-electron chi connectivity index (χ0n) is 11.0. The van der Waals surface area contributed by atoms with Crippen molar-refractivity contribution >= 4 is 27.1 Å². The van der Waals surface area contributed by atoms with E-state index in [1.165, 1.54) is 17.4 Å². The molecule has 1 N–H and O–H groups in total. The van der Waals surface area contributed by atoms with Crippen LogP contribution in [0.2, 0.25) is 0 Å². The van der Waals surface area contributed by atoms with Gasteiger partial charge in [0.25, 0.3) is 5.91 Å². The van der Waals surface area contributed by atoms with Gasteiger partial charge in [0, 0.05) is 11.3 Å². The van der Waals surface area contributed by atoms with Crippen LogP contribution >= 0.6 is 11.3 Å². The highest BCUT2D eigenvalue weighted by Gasteiger charge is 2.25. The Morgan fingerprint density at radius 3 is 2.68 bits per heavy atom. The summed E-state index contributed by atoms with van der Waals surface area (Å²) in [5, 5.41) is 4.77. The highest BCUT2D eigenvalue weighted by atomic mass is 32.2. The van der Waals surface area contributed by atoms with E-state index in [0.29, 0.717) is 10.6 Å². The Morgan fingerprint density at radius 2 is 2.21 bits per heavy atom. The van der Waals surface area contributed by atoms with Gasteiger partial charge in [-0.1, -0.05) is 13.8 Å². The van der Waals surface area contributed by atoms with Gasteiger partial charge in [-0.05, 0) is 13.0 Å². The second-order valence-corrected chi connectivity index (χ2v) is 7.82. The fourth-order valence-electron chi connectivity index (χ4n) is 1.77. The van der Waals surface area contributed by atoms with Gasteiger partial charge in [0.1, 0.15) is 4.88 Å². The lowest BCUT2D eigenvalue weighted by Crippen LogP contribution is -2.35. The summed E-state index contributed by atoms with van der Waals surface area (Å²) in [4.78, 5) is 17.0. The summed E-state index contributed by atoms with van der Waals surface area (Å²) < 4.78 is 22.5. The van der Waals surface area contributed by atoms with Crippen LogP contribution in [-0.4, -0.2) is 31.1 Å². The molecular weight excluding hydrogens is 284 g/mol. The van der Waals surface area contributed by atoms with Crippen LogP contribution < -0.4 is 5.32 Å². The molecule has 2 rings (SSSR count). The molecule has 0 fully saturated rings. The molecule has 0 saturated carbocycles. The summed E-state index contributed by atoms with van der Waals surface area (Å²) in [6.07, 6.45) is 1.51. The SMILES string of the molecule is Cc1nc(C(C)C)sc1C(=O)NC1C=CS(=O)(=O)C1. The van der Waals surface area contributed by atoms with Crippen LogP contribution in [0.5, 0.6) is 0 Å². The number of rotatable bonds is 3. The summed E-state index contributed by atoms with van der Waals surface area (Å²) in [6, 6.07) is -0.443. The Bertz CT molecular complexity index is 629. The molecule has 0 radical (unpaired) electrons. The first-order valence-corrected chi connectivity index (χ1v) is 8.51. The molecule has 0 aromatic carbocycles. The largest absolute Gasteiger partial charge is 0.344 e. The summed E-state index contributed by atoms with van der Waals surface area (Å²) >= 11 is 1.36. The first-order valence-electron chi connectivity index (χ1n) is 5.97. The molecule has 0 saturated heterocycles. The van der Waals surface area contributed by atoms with Crippen LogP contribution in [0.3, 0.4) is 0 Å². The summed E-state index contributed by atoms with van der Waals surface area (Å²) in [7, 11) is -3.15. The average Bonchev–Trinajstić information content (AvgIpc) is 2.82. The fraction of sp³-hybridized carbons (Fsp3) is 0.500. The fourth-order valence-corrected chi connectivity index (χ4v) is 3.98. The van der Waals surface area contributed by atoms with Crippen molar-refractivity contribution in [3.63, 3.8) is 0 Å². The van der Waals surface area contributed by atoms with Crippen LogP contribution in [0.25, 0.3) is 0 Å². The molecule has 1 aliphatic rings. The summed E-state index contributed by atoms with van der Waals surface area (Å²) in [5.41, 5.74) is 0.691. The van der Waals surface area contributed by atoms with Gasteiger partial charge >= 0.3 is 0 Å². The Labute approximate surface area is 116 Å². The van der Waals surface area contributed by atoms with Crippen molar-refractivity contribution < 1.29 is 13.2 Å². The molecule has 0 aliphatic carbocycles. The van der Waals surface area contributed by atoms with Gasteiger partial charge in [-0.15, -0.1) is 11.3 Å². The van der Waals surface area contributed by atoms with Crippen molar-refractivity contribution in [3.8, 4) is 0 Å². The molecule has 0 spiro atoms. The van der Waals surface area contributed by atoms with Crippen LogP contribution in [0, 0.1) is 6.92 Å². The number of aryl methyl sites for hydroxylation is 1. The van der Waals surface area contributed by atoms with Gasteiger partial charge in [-0.3, -0.25) is 4.79 Å². The van der Waals surface area contributed by atoms with E-state index >= 15 is 0 Å². The van der Waals surface area contributed by atoms with E-state index in [9.17, 15) is 13.2 Å². The third kappa shape index (κ3) is 3.22. The van der Waals surface area contributed by atoms with Gasteiger partial charge in [0.15, 0.2) is 9.84 Å². The highest BCUT2D eigenvalue weighted by Crippen LogP contribution is 2.24. The van der Waals surface area contributed by atoms with E-state index in [-0.39, 0.29) is 17.6 Å². The van der Waals surface area contributed by atoms with E-state index in [1.807, 2.05) is 13.8 Å². The van der Waals surface area contributed by atoms with Crippen LogP contribution in [-0.2, 0) is 9.84 Å². The molecule has 1 unspecified atom stereocenters. The van der Waals surface area contributed by atoms with E-state index in [2.05, 4.69) is 10.3 Å². The summed E-state index contributed by atoms with van der Waals surface area (Å²) in [6.45, 7) is 5.83. The monoisotopic (exact) mass is 300 g/mol. The first-order chi connectivity index (χ1) is 8.78. The standard InChI is InChI=1S/C12H16N2O3S2/c1-7(2)12-13-8(3)10(18-12)11(15)14-9-4-5-19(16,17)6-9/h4-5,7,9H,6H2,1-3H3,(H,14,15). The number of amides is 1. The number of hydrogen-bond acceptors (Lipinski definition) is 5. The molecule has 0 bridgehead atoms. The molecule has 104 valence electrons. The van der Waals surface area contributed by atoms with Crippen LogP contribution in [0.1, 0.15) is 40.1 Å². The zero-order valence-corrected chi connectivity index (χ0v) is 12.6. The van der Waals surface area contributed by atoms with Gasteiger partial charge < -0.3 is 5.32 Å². The van der Waals surface area contributed by atoms with Gasteiger partial charge in [-0.25, -0.2) is 13.4 Å². The van der Waals surface area contributed by atoms with Crippen molar-refractivity contribution in [2.75, 3.05) is 5.75 Å². The zero-order chi connectivity index (χ0) is 14.2. The predicted molar refractivity (Wildman–Crippen MR) is 75.1 cm³/mol. The van der Waals surface area contributed by atoms with Crippen molar-refractivity contribution in [2.24, 2.45) is 0 Å². The number of sulfone groups is 1. The summed E-state index contributed by atoms with van der Waals surface area (Å²) in [5.74, 6) is -0.0428. The number of aromatic nitrogens is 1. The normalized spacial score (nSPS) is 20.9. The maximum absolute atomic E-state index is 12.1. The number of nitrogens with zero attached hydrogens (tertiary/aromatic N) is 1. The number of nitrogens with one attached hydrogen (secondary N) is 1. The van der Waals surface area contributed by atoms with Crippen molar-refractivity contribution in [2.45, 2.75) is 32.7 Å². The van der Waals surface area contributed by atoms with Crippen LogP contribution in [0.15, 0.2) is 11.5 Å². The Kier molecular flexibility index (Phi) is 3.78. The Balaban J connectivity index is 2.11. The number of hydrogen-bond donors (Lipinski definition) is 1. The molecule has 1 aromatic heterocycles. The van der Waals surface area contributed by atoms with Crippen LogP contribution in [0.4, 0.5) is 0 Å². The lowest BCUT2D eigenvalue weighted by Gasteiger charge is -2.08. The number of carbonyl (C=O) groups is 1. The van der Waals surface area contributed by atoms with Crippen molar-refractivity contribution in [1.82, 2.24) is 10.3 Å². The van der Waals surface area contributed by atoms with E-state index in [4.69, 9.17) is 0 Å². The topological polar surface area (TPSA) is 76.1 Å². The molecular formula is C12H16N2O3S2. The van der Waals surface area contributed by atoms with Gasteiger partial charge in [-0.2, -0.15) is 0 Å². The molecule has 2 heterocycles. The lowest BCUT2D eigenvalue weighted by molar-refractivity contribution is 0.0951. The first kappa shape index (κ1) is 14.2. The third-order valence-corrected chi connectivity index (χ3v) is 5.61. The second-order valence-electron chi connectivity index (χ2n) is 4.86. The molecule has 5 nitrogen and oxygen atoms in total. The van der Waals surface area contributed by atoms with Crippen molar-refractivity contribution in [1.29, 1.82) is 0 Å². The Morgan fingerprint density at radius 1 is 1.53 bits per heavy atom. The minimum atomic E-state index is -3.15. The molecule has 1 aromatic rings. The minimum Gasteiger partial charge on any atom is -0.344 e. The maximum atomic E-state index is 12.1. The minimum absolute atomic E-state index is 0.0619. The second kappa shape index (κ2) is 5.05. The van der Waals surface area contributed by atoms with E-state index in [1.54, 1.807) is 6.92 Å². The van der Waals surface area contributed by atoms with E-state index in [0.717, 1.165) is 10.4 Å². The predicted octanol–water partition coefficient (Wildman–Crippen LogP) is 1.62.